The van der Waals surface area contributed by atoms with Gasteiger partial charge in [0.05, 0.1) is 17.9 Å². The van der Waals surface area contributed by atoms with Crippen molar-refractivity contribution in [3.8, 4) is 0 Å². The summed E-state index contributed by atoms with van der Waals surface area (Å²) in [5, 5.41) is 2.61. The molecule has 1 N–H and O–H groups in total. The van der Waals surface area contributed by atoms with Crippen LogP contribution in [0, 0.1) is 0 Å². The van der Waals surface area contributed by atoms with E-state index in [0.29, 0.717) is 29.8 Å². The lowest BCUT2D eigenvalue weighted by molar-refractivity contribution is -0.120. The van der Waals surface area contributed by atoms with Crippen LogP contribution >= 0.6 is 11.6 Å². The summed E-state index contributed by atoms with van der Waals surface area (Å²) in [5.41, 5.74) is 1.97. The number of rotatable bonds is 8. The maximum absolute atomic E-state index is 13.1. The van der Waals surface area contributed by atoms with Crippen molar-refractivity contribution in [3.63, 3.8) is 0 Å². The molecule has 3 amide bonds. The molecule has 0 atom stereocenters. The number of esters is 1. The second kappa shape index (κ2) is 11.1. The lowest BCUT2D eigenvalue weighted by Gasteiger charge is -2.18. The minimum Gasteiger partial charge on any atom is -0.462 e. The second-order valence-electron chi connectivity index (χ2n) is 8.22. The molecule has 0 unspecified atom stereocenters. The van der Waals surface area contributed by atoms with E-state index in [2.05, 4.69) is 5.32 Å². The van der Waals surface area contributed by atoms with Gasteiger partial charge in [-0.1, -0.05) is 42.8 Å². The summed E-state index contributed by atoms with van der Waals surface area (Å²) in [6, 6.07) is 21.7. The highest BCUT2D eigenvalue weighted by molar-refractivity contribution is 6.53. The normalized spacial score (nSPS) is 13.1. The summed E-state index contributed by atoms with van der Waals surface area (Å²) >= 11 is 6.25. The Hall–Kier alpha value is -4.43. The van der Waals surface area contributed by atoms with Gasteiger partial charge in [0.2, 0.25) is 0 Å². The summed E-state index contributed by atoms with van der Waals surface area (Å²) in [6.45, 7) is 2.19. The van der Waals surface area contributed by atoms with Crippen LogP contribution in [0.3, 0.4) is 0 Å². The van der Waals surface area contributed by atoms with Crippen LogP contribution in [-0.4, -0.2) is 37.3 Å². The van der Waals surface area contributed by atoms with Crippen LogP contribution in [0.2, 0.25) is 0 Å². The Morgan fingerprint density at radius 3 is 2.30 bits per heavy atom. The standard InChI is InChI=1S/C28H24ClN3O5/c1-3-16-37-28(36)18-12-14-22(15-13-18)32-26(34)23(29)24(27(32)35)30-20-9-7-8-19(17-20)25(33)31(2)21-10-5-4-6-11-21/h4-15,17,30H,3,16H2,1-2H3. The number of ether oxygens (including phenoxy) is 1. The lowest BCUT2D eigenvalue weighted by Crippen LogP contribution is -2.32. The quantitative estimate of drug-likeness (QED) is 0.335. The van der Waals surface area contributed by atoms with Crippen LogP contribution in [0.5, 0.6) is 0 Å². The van der Waals surface area contributed by atoms with Gasteiger partial charge in [0.1, 0.15) is 10.7 Å². The molecule has 4 rings (SSSR count). The van der Waals surface area contributed by atoms with Gasteiger partial charge in [0.25, 0.3) is 17.7 Å². The number of amides is 3. The maximum Gasteiger partial charge on any atom is 0.338 e. The molecule has 0 saturated carbocycles. The highest BCUT2D eigenvalue weighted by atomic mass is 35.5. The predicted octanol–water partition coefficient (Wildman–Crippen LogP) is 4.97. The predicted molar refractivity (Wildman–Crippen MR) is 142 cm³/mol. The number of carbonyl (C=O) groups is 4. The Bertz CT molecular complexity index is 1390. The first-order valence-electron chi connectivity index (χ1n) is 11.6. The maximum atomic E-state index is 13.1. The van der Waals surface area contributed by atoms with Crippen molar-refractivity contribution in [2.75, 3.05) is 28.8 Å². The average Bonchev–Trinajstić information content (AvgIpc) is 3.14. The number of benzene rings is 3. The summed E-state index contributed by atoms with van der Waals surface area (Å²) in [5.74, 6) is -2.10. The van der Waals surface area contributed by atoms with Crippen molar-refractivity contribution in [2.45, 2.75) is 13.3 Å². The van der Waals surface area contributed by atoms with Gasteiger partial charge in [-0.25, -0.2) is 9.69 Å². The molecular weight excluding hydrogens is 494 g/mol. The lowest BCUT2D eigenvalue weighted by atomic mass is 10.1. The van der Waals surface area contributed by atoms with E-state index in [4.69, 9.17) is 16.3 Å². The van der Waals surface area contributed by atoms with E-state index >= 15 is 0 Å². The topological polar surface area (TPSA) is 96.0 Å². The average molecular weight is 518 g/mol. The second-order valence-corrected chi connectivity index (χ2v) is 8.60. The fourth-order valence-electron chi connectivity index (χ4n) is 3.71. The molecular formula is C28H24ClN3O5. The molecule has 0 saturated heterocycles. The van der Waals surface area contributed by atoms with Gasteiger partial charge in [-0.15, -0.1) is 0 Å². The molecule has 37 heavy (non-hydrogen) atoms. The zero-order valence-electron chi connectivity index (χ0n) is 20.2. The number of anilines is 3. The van der Waals surface area contributed by atoms with Crippen molar-refractivity contribution >= 4 is 52.4 Å². The van der Waals surface area contributed by atoms with Gasteiger partial charge in [0.15, 0.2) is 0 Å². The molecule has 0 bridgehead atoms. The van der Waals surface area contributed by atoms with Gasteiger partial charge in [0, 0.05) is 24.0 Å². The summed E-state index contributed by atoms with van der Waals surface area (Å²) < 4.78 is 5.10. The van der Waals surface area contributed by atoms with E-state index in [0.717, 1.165) is 10.6 Å². The van der Waals surface area contributed by atoms with Crippen LogP contribution < -0.4 is 15.1 Å². The number of nitrogens with one attached hydrogen (secondary N) is 1. The van der Waals surface area contributed by atoms with Crippen molar-refractivity contribution in [3.05, 3.63) is 101 Å². The van der Waals surface area contributed by atoms with E-state index in [1.807, 2.05) is 37.3 Å². The first-order valence-corrected chi connectivity index (χ1v) is 12.0. The fraction of sp³-hybridized carbons (Fsp3) is 0.143. The van der Waals surface area contributed by atoms with E-state index < -0.39 is 17.8 Å². The number of nitrogens with zero attached hydrogens (tertiary/aromatic N) is 2. The summed E-state index contributed by atoms with van der Waals surface area (Å²) in [7, 11) is 1.67. The number of carbonyl (C=O) groups excluding carboxylic acids is 4. The molecule has 3 aromatic carbocycles. The first kappa shape index (κ1) is 25.7. The van der Waals surface area contributed by atoms with Gasteiger partial charge in [-0.3, -0.25) is 14.4 Å². The summed E-state index contributed by atoms with van der Waals surface area (Å²) in [4.78, 5) is 53.4. The van der Waals surface area contributed by atoms with E-state index in [1.165, 1.54) is 29.2 Å². The first-order chi connectivity index (χ1) is 17.8. The monoisotopic (exact) mass is 517 g/mol. The minimum absolute atomic E-state index is 0.112. The molecule has 0 aromatic heterocycles. The largest absolute Gasteiger partial charge is 0.462 e. The zero-order chi connectivity index (χ0) is 26.5. The van der Waals surface area contributed by atoms with Gasteiger partial charge >= 0.3 is 5.97 Å². The Morgan fingerprint density at radius 2 is 1.62 bits per heavy atom. The molecule has 8 nitrogen and oxygen atoms in total. The number of para-hydroxylation sites is 1. The van der Waals surface area contributed by atoms with Crippen LogP contribution in [0.1, 0.15) is 34.1 Å². The van der Waals surface area contributed by atoms with Crippen molar-refractivity contribution in [2.24, 2.45) is 0 Å². The molecule has 1 aliphatic rings. The van der Waals surface area contributed by atoms with Crippen molar-refractivity contribution < 1.29 is 23.9 Å². The third kappa shape index (κ3) is 5.39. The number of imide groups is 1. The molecule has 1 aliphatic heterocycles. The minimum atomic E-state index is -0.702. The number of hydrogen-bond donors (Lipinski definition) is 1. The molecule has 0 radical (unpaired) electrons. The van der Waals surface area contributed by atoms with Crippen LogP contribution in [0.15, 0.2) is 89.6 Å². The molecule has 188 valence electrons. The number of hydrogen-bond acceptors (Lipinski definition) is 6. The molecule has 9 heteroatoms. The molecule has 3 aromatic rings. The van der Waals surface area contributed by atoms with E-state index in [9.17, 15) is 19.2 Å². The van der Waals surface area contributed by atoms with E-state index in [-0.39, 0.29) is 22.3 Å². The Morgan fingerprint density at radius 1 is 0.919 bits per heavy atom. The fourth-order valence-corrected chi connectivity index (χ4v) is 3.92. The van der Waals surface area contributed by atoms with Crippen molar-refractivity contribution in [1.29, 1.82) is 0 Å². The molecule has 1 heterocycles. The third-order valence-corrected chi connectivity index (χ3v) is 6.00. The third-order valence-electron chi connectivity index (χ3n) is 5.65. The summed E-state index contributed by atoms with van der Waals surface area (Å²) in [6.07, 6.45) is 0.696. The Balaban J connectivity index is 1.51. The SMILES string of the molecule is CCCOC(=O)c1ccc(N2C(=O)C(Cl)=C(Nc3cccc(C(=O)N(C)c4ccccc4)c3)C2=O)cc1. The Kier molecular flexibility index (Phi) is 7.69. The molecule has 0 spiro atoms. The van der Waals surface area contributed by atoms with Crippen molar-refractivity contribution in [1.82, 2.24) is 0 Å². The Labute approximate surface area is 219 Å². The van der Waals surface area contributed by atoms with Gasteiger partial charge in [-0.05, 0) is 61.0 Å². The van der Waals surface area contributed by atoms with Gasteiger partial charge in [-0.2, -0.15) is 0 Å². The highest BCUT2D eigenvalue weighted by Gasteiger charge is 2.39. The van der Waals surface area contributed by atoms with Crippen LogP contribution in [0.25, 0.3) is 0 Å². The van der Waals surface area contributed by atoms with E-state index in [1.54, 1.807) is 31.3 Å². The van der Waals surface area contributed by atoms with Crippen LogP contribution in [-0.2, 0) is 14.3 Å². The van der Waals surface area contributed by atoms with Crippen LogP contribution in [0.4, 0.5) is 17.1 Å². The smallest absolute Gasteiger partial charge is 0.338 e. The van der Waals surface area contributed by atoms with Gasteiger partial charge < -0.3 is 15.0 Å². The highest BCUT2D eigenvalue weighted by Crippen LogP contribution is 2.30. The zero-order valence-corrected chi connectivity index (χ0v) is 21.0. The molecule has 0 aliphatic carbocycles. The molecule has 0 fully saturated rings. The number of halogens is 1.